The molecule has 1 saturated heterocycles. The second-order valence-corrected chi connectivity index (χ2v) is 8.79. The Bertz CT molecular complexity index is 1070. The summed E-state index contributed by atoms with van der Waals surface area (Å²) in [5.41, 5.74) is 3.26. The third kappa shape index (κ3) is 5.07. The van der Waals surface area contributed by atoms with Gasteiger partial charge in [-0.2, -0.15) is 0 Å². The first-order valence-corrected chi connectivity index (χ1v) is 12.0. The van der Waals surface area contributed by atoms with Gasteiger partial charge in [0.25, 0.3) is 0 Å². The summed E-state index contributed by atoms with van der Waals surface area (Å²) >= 11 is 0. The first kappa shape index (κ1) is 23.5. The largest absolute Gasteiger partial charge is 0.388 e. The van der Waals surface area contributed by atoms with E-state index in [1.807, 2.05) is 84.9 Å². The van der Waals surface area contributed by atoms with Crippen molar-refractivity contribution in [1.82, 2.24) is 0 Å². The Morgan fingerprint density at radius 3 is 1.63 bits per heavy atom. The van der Waals surface area contributed by atoms with E-state index in [9.17, 15) is 5.11 Å². The molecule has 35 heavy (non-hydrogen) atoms. The van der Waals surface area contributed by atoms with Gasteiger partial charge in [-0.25, -0.2) is 0 Å². The molecule has 0 bridgehead atoms. The molecule has 4 heteroatoms. The maximum absolute atomic E-state index is 11.0. The maximum atomic E-state index is 11.0. The second kappa shape index (κ2) is 11.0. The summed E-state index contributed by atoms with van der Waals surface area (Å²) in [5.74, 6) is 0. The van der Waals surface area contributed by atoms with E-state index in [0.717, 1.165) is 22.3 Å². The van der Waals surface area contributed by atoms with E-state index < -0.39 is 23.9 Å². The average Bonchev–Trinajstić information content (AvgIpc) is 3.29. The highest BCUT2D eigenvalue weighted by atomic mass is 16.6. The van der Waals surface area contributed by atoms with Crippen molar-refractivity contribution in [2.24, 2.45) is 0 Å². The molecule has 0 radical (unpaired) electrons. The van der Waals surface area contributed by atoms with Crippen molar-refractivity contribution in [2.75, 3.05) is 13.2 Å². The second-order valence-electron chi connectivity index (χ2n) is 8.79. The molecule has 4 aromatic carbocycles. The summed E-state index contributed by atoms with van der Waals surface area (Å²) < 4.78 is 18.8. The molecule has 0 aromatic heterocycles. The summed E-state index contributed by atoms with van der Waals surface area (Å²) in [6, 6.07) is 40.6. The Kier molecular flexibility index (Phi) is 7.36. The molecule has 0 aliphatic carbocycles. The first-order valence-electron chi connectivity index (χ1n) is 12.0. The predicted molar refractivity (Wildman–Crippen MR) is 136 cm³/mol. The van der Waals surface area contributed by atoms with Crippen molar-refractivity contribution in [3.05, 3.63) is 144 Å². The fourth-order valence-electron chi connectivity index (χ4n) is 4.70. The molecule has 4 aromatic rings. The van der Waals surface area contributed by atoms with Crippen LogP contribution in [0.25, 0.3) is 0 Å². The van der Waals surface area contributed by atoms with Crippen molar-refractivity contribution >= 4 is 0 Å². The normalized spacial score (nSPS) is 20.1. The monoisotopic (exact) mass is 466 g/mol. The lowest BCUT2D eigenvalue weighted by atomic mass is 9.80. The number of aliphatic hydroxyl groups excluding tert-OH is 1. The lowest BCUT2D eigenvalue weighted by Gasteiger charge is -2.37. The molecule has 1 aliphatic rings. The van der Waals surface area contributed by atoms with Crippen LogP contribution in [-0.2, 0) is 26.4 Å². The number of hydrogen-bond donors (Lipinski definition) is 1. The standard InChI is InChI=1S/C31H30O4/c32-30-28(33-21-24-13-5-1-6-14-24)22-34-29(30)23-35-31(25-15-7-2-8-16-25,26-17-9-3-10-18-26)27-19-11-4-12-20-27/h1-20,28-30,32H,21-23H2/t28-,29-,30+/m1/s1. The van der Waals surface area contributed by atoms with Crippen molar-refractivity contribution in [2.45, 2.75) is 30.5 Å². The van der Waals surface area contributed by atoms with Crippen LogP contribution in [-0.4, -0.2) is 36.6 Å². The van der Waals surface area contributed by atoms with E-state index in [1.54, 1.807) is 0 Å². The molecule has 1 N–H and O–H groups in total. The van der Waals surface area contributed by atoms with Crippen LogP contribution in [0.1, 0.15) is 22.3 Å². The minimum Gasteiger partial charge on any atom is -0.388 e. The van der Waals surface area contributed by atoms with Gasteiger partial charge in [-0.3, -0.25) is 0 Å². The summed E-state index contributed by atoms with van der Waals surface area (Å²) in [6.07, 6.45) is -1.67. The number of ether oxygens (including phenoxy) is 3. The van der Waals surface area contributed by atoms with Crippen LogP contribution in [0, 0.1) is 0 Å². The van der Waals surface area contributed by atoms with Crippen LogP contribution >= 0.6 is 0 Å². The van der Waals surface area contributed by atoms with Gasteiger partial charge in [0.2, 0.25) is 0 Å². The highest BCUT2D eigenvalue weighted by Crippen LogP contribution is 2.41. The fraction of sp³-hybridized carbons (Fsp3) is 0.226. The van der Waals surface area contributed by atoms with E-state index >= 15 is 0 Å². The fourth-order valence-corrected chi connectivity index (χ4v) is 4.70. The Morgan fingerprint density at radius 1 is 0.686 bits per heavy atom. The van der Waals surface area contributed by atoms with Crippen molar-refractivity contribution < 1.29 is 19.3 Å². The van der Waals surface area contributed by atoms with E-state index in [4.69, 9.17) is 14.2 Å². The zero-order valence-electron chi connectivity index (χ0n) is 19.6. The molecule has 1 heterocycles. The van der Waals surface area contributed by atoms with Gasteiger partial charge in [-0.05, 0) is 22.3 Å². The van der Waals surface area contributed by atoms with Crippen molar-refractivity contribution in [3.63, 3.8) is 0 Å². The molecule has 5 rings (SSSR count). The van der Waals surface area contributed by atoms with Gasteiger partial charge >= 0.3 is 0 Å². The molecule has 0 spiro atoms. The van der Waals surface area contributed by atoms with Crippen LogP contribution < -0.4 is 0 Å². The minimum atomic E-state index is -0.851. The highest BCUT2D eigenvalue weighted by Gasteiger charge is 2.42. The van der Waals surface area contributed by atoms with Crippen molar-refractivity contribution in [3.8, 4) is 0 Å². The lowest BCUT2D eigenvalue weighted by molar-refractivity contribution is -0.0765. The van der Waals surface area contributed by atoms with E-state index in [2.05, 4.69) is 36.4 Å². The Hall–Kier alpha value is -3.28. The summed E-state index contributed by atoms with van der Waals surface area (Å²) in [6.45, 7) is 0.976. The number of rotatable bonds is 9. The first-order chi connectivity index (χ1) is 17.3. The van der Waals surface area contributed by atoms with Crippen molar-refractivity contribution in [1.29, 1.82) is 0 Å². The van der Waals surface area contributed by atoms with Gasteiger partial charge in [0.05, 0.1) is 19.8 Å². The average molecular weight is 467 g/mol. The predicted octanol–water partition coefficient (Wildman–Crippen LogP) is 5.34. The number of hydrogen-bond acceptors (Lipinski definition) is 4. The third-order valence-electron chi connectivity index (χ3n) is 6.55. The molecule has 3 atom stereocenters. The molecule has 0 unspecified atom stereocenters. The minimum absolute atomic E-state index is 0.213. The third-order valence-corrected chi connectivity index (χ3v) is 6.55. The number of aliphatic hydroxyl groups is 1. The molecular formula is C31H30O4. The van der Waals surface area contributed by atoms with Gasteiger partial charge in [0, 0.05) is 0 Å². The van der Waals surface area contributed by atoms with Gasteiger partial charge in [0.1, 0.15) is 23.9 Å². The Morgan fingerprint density at radius 2 is 1.14 bits per heavy atom. The number of benzene rings is 4. The summed E-state index contributed by atoms with van der Waals surface area (Å²) in [4.78, 5) is 0. The van der Waals surface area contributed by atoms with Gasteiger partial charge in [-0.15, -0.1) is 0 Å². The van der Waals surface area contributed by atoms with Crippen LogP contribution in [0.5, 0.6) is 0 Å². The van der Waals surface area contributed by atoms with Crippen LogP contribution in [0.15, 0.2) is 121 Å². The molecule has 1 fully saturated rings. The molecule has 4 nitrogen and oxygen atoms in total. The van der Waals surface area contributed by atoms with E-state index in [0.29, 0.717) is 13.2 Å². The van der Waals surface area contributed by atoms with Crippen LogP contribution in [0.3, 0.4) is 0 Å². The van der Waals surface area contributed by atoms with Gasteiger partial charge in [0.15, 0.2) is 0 Å². The van der Waals surface area contributed by atoms with Gasteiger partial charge in [-0.1, -0.05) is 121 Å². The SMILES string of the molecule is O[C@H]1[C@H](OCc2ccccc2)CO[C@@H]1COC(c1ccccc1)(c1ccccc1)c1ccccc1. The molecular weight excluding hydrogens is 436 g/mol. The summed E-state index contributed by atoms with van der Waals surface area (Å²) in [5, 5.41) is 11.0. The topological polar surface area (TPSA) is 47.9 Å². The molecule has 0 saturated carbocycles. The van der Waals surface area contributed by atoms with Crippen LogP contribution in [0.4, 0.5) is 0 Å². The van der Waals surface area contributed by atoms with E-state index in [1.165, 1.54) is 0 Å². The van der Waals surface area contributed by atoms with Gasteiger partial charge < -0.3 is 19.3 Å². The Balaban J connectivity index is 1.40. The zero-order valence-corrected chi connectivity index (χ0v) is 19.6. The maximum Gasteiger partial charge on any atom is 0.143 e. The molecule has 1 aliphatic heterocycles. The van der Waals surface area contributed by atoms with E-state index in [-0.39, 0.29) is 6.61 Å². The molecule has 178 valence electrons. The lowest BCUT2D eigenvalue weighted by Crippen LogP contribution is -2.40. The molecule has 0 amide bonds. The highest BCUT2D eigenvalue weighted by molar-refractivity contribution is 5.47. The van der Waals surface area contributed by atoms with Crippen LogP contribution in [0.2, 0.25) is 0 Å². The smallest absolute Gasteiger partial charge is 0.143 e. The Labute approximate surface area is 206 Å². The zero-order chi connectivity index (χ0) is 23.9. The summed E-state index contributed by atoms with van der Waals surface area (Å²) in [7, 11) is 0. The quantitative estimate of drug-likeness (QED) is 0.338.